The predicted molar refractivity (Wildman–Crippen MR) is 101 cm³/mol. The molecule has 1 saturated carbocycles. The predicted octanol–water partition coefficient (Wildman–Crippen LogP) is 2.73. The van der Waals surface area contributed by atoms with Crippen molar-refractivity contribution in [3.05, 3.63) is 36.5 Å². The number of nitrogens with zero attached hydrogens (tertiary/aromatic N) is 2. The zero-order valence-corrected chi connectivity index (χ0v) is 15.4. The van der Waals surface area contributed by atoms with Crippen molar-refractivity contribution >= 4 is 29.9 Å². The van der Waals surface area contributed by atoms with Crippen LogP contribution in [0.4, 0.5) is 0 Å². The topological polar surface area (TPSA) is 58.5 Å². The van der Waals surface area contributed by atoms with Gasteiger partial charge in [-0.2, -0.15) is 0 Å². The molecule has 0 amide bonds. The van der Waals surface area contributed by atoms with E-state index in [2.05, 4.69) is 27.2 Å². The number of aliphatic imine (C=N–C) groups is 1. The molecular formula is C16H25IN4O. The third-order valence-corrected chi connectivity index (χ3v) is 3.14. The fourth-order valence-electron chi connectivity index (χ4n) is 1.76. The molecular weight excluding hydrogens is 391 g/mol. The lowest BCUT2D eigenvalue weighted by molar-refractivity contribution is 0.288. The van der Waals surface area contributed by atoms with Crippen LogP contribution in [0.2, 0.25) is 0 Å². The Labute approximate surface area is 149 Å². The standard InChI is InChI=1S/C16H24N4O.HI/c1-3-9-18-16(17-4-2)20-11-14-7-8-15(19-10-14)21-12-13-5-6-13;/h3,7-8,10,13H,1,4-6,9,11-12H2,2H3,(H2,17,18,20);1H. The summed E-state index contributed by atoms with van der Waals surface area (Å²) in [5.41, 5.74) is 1.06. The second-order valence-corrected chi connectivity index (χ2v) is 5.12. The van der Waals surface area contributed by atoms with Crippen LogP contribution in [-0.2, 0) is 6.54 Å². The number of rotatable bonds is 8. The Bertz CT molecular complexity index is 472. The molecule has 6 heteroatoms. The van der Waals surface area contributed by atoms with Crippen LogP contribution >= 0.6 is 24.0 Å². The third-order valence-electron chi connectivity index (χ3n) is 3.14. The number of nitrogens with one attached hydrogen (secondary N) is 2. The lowest BCUT2D eigenvalue weighted by atomic mass is 10.3. The zero-order valence-electron chi connectivity index (χ0n) is 13.0. The quantitative estimate of drug-likeness (QED) is 0.296. The molecule has 1 fully saturated rings. The molecule has 22 heavy (non-hydrogen) atoms. The summed E-state index contributed by atoms with van der Waals surface area (Å²) in [5.74, 6) is 2.23. The van der Waals surface area contributed by atoms with Crippen LogP contribution < -0.4 is 15.4 Å². The highest BCUT2D eigenvalue weighted by molar-refractivity contribution is 14.0. The monoisotopic (exact) mass is 416 g/mol. The Morgan fingerprint density at radius 2 is 2.27 bits per heavy atom. The van der Waals surface area contributed by atoms with Gasteiger partial charge in [0.25, 0.3) is 0 Å². The number of ether oxygens (including phenoxy) is 1. The summed E-state index contributed by atoms with van der Waals surface area (Å²) < 4.78 is 5.62. The molecule has 1 aromatic heterocycles. The Kier molecular flexibility index (Phi) is 8.88. The van der Waals surface area contributed by atoms with Gasteiger partial charge in [0.2, 0.25) is 5.88 Å². The van der Waals surface area contributed by atoms with E-state index in [0.717, 1.165) is 30.6 Å². The van der Waals surface area contributed by atoms with Crippen molar-refractivity contribution in [1.29, 1.82) is 0 Å². The van der Waals surface area contributed by atoms with Gasteiger partial charge in [-0.3, -0.25) is 0 Å². The highest BCUT2D eigenvalue weighted by atomic mass is 127. The van der Waals surface area contributed by atoms with Crippen LogP contribution in [0.5, 0.6) is 5.88 Å². The third kappa shape index (κ3) is 7.11. The second-order valence-electron chi connectivity index (χ2n) is 5.12. The second kappa shape index (κ2) is 10.4. The van der Waals surface area contributed by atoms with Crippen molar-refractivity contribution in [1.82, 2.24) is 15.6 Å². The molecule has 0 aromatic carbocycles. The smallest absolute Gasteiger partial charge is 0.213 e. The van der Waals surface area contributed by atoms with Crippen molar-refractivity contribution in [2.24, 2.45) is 10.9 Å². The van der Waals surface area contributed by atoms with E-state index >= 15 is 0 Å². The number of guanidine groups is 1. The van der Waals surface area contributed by atoms with Gasteiger partial charge in [0, 0.05) is 25.4 Å². The first-order valence-electron chi connectivity index (χ1n) is 7.52. The Balaban J connectivity index is 0.00000242. The van der Waals surface area contributed by atoms with Crippen molar-refractivity contribution in [3.63, 3.8) is 0 Å². The number of hydrogen-bond acceptors (Lipinski definition) is 3. The molecule has 0 aliphatic heterocycles. The molecule has 1 aliphatic carbocycles. The average molecular weight is 416 g/mol. The maximum atomic E-state index is 5.62. The first-order chi connectivity index (χ1) is 10.3. The van der Waals surface area contributed by atoms with Gasteiger partial charge in [0.1, 0.15) is 0 Å². The van der Waals surface area contributed by atoms with Gasteiger partial charge in [-0.15, -0.1) is 30.6 Å². The average Bonchev–Trinajstić information content (AvgIpc) is 3.33. The maximum Gasteiger partial charge on any atom is 0.213 e. The van der Waals surface area contributed by atoms with Crippen LogP contribution in [0, 0.1) is 5.92 Å². The molecule has 1 heterocycles. The summed E-state index contributed by atoms with van der Waals surface area (Å²) in [4.78, 5) is 8.82. The van der Waals surface area contributed by atoms with Gasteiger partial charge < -0.3 is 15.4 Å². The molecule has 0 spiro atoms. The number of halogens is 1. The summed E-state index contributed by atoms with van der Waals surface area (Å²) in [7, 11) is 0. The highest BCUT2D eigenvalue weighted by Gasteiger charge is 2.21. The minimum atomic E-state index is 0. The minimum Gasteiger partial charge on any atom is -0.477 e. The normalized spacial score (nSPS) is 14.0. The van der Waals surface area contributed by atoms with E-state index in [-0.39, 0.29) is 24.0 Å². The van der Waals surface area contributed by atoms with E-state index in [0.29, 0.717) is 19.0 Å². The van der Waals surface area contributed by atoms with E-state index in [4.69, 9.17) is 4.74 Å². The van der Waals surface area contributed by atoms with Gasteiger partial charge in [-0.1, -0.05) is 12.1 Å². The van der Waals surface area contributed by atoms with E-state index in [1.54, 1.807) is 6.08 Å². The molecule has 5 nitrogen and oxygen atoms in total. The summed E-state index contributed by atoms with van der Waals surface area (Å²) in [6.07, 6.45) is 6.21. The molecule has 0 saturated heterocycles. The maximum absolute atomic E-state index is 5.62. The SMILES string of the molecule is C=CCNC(=NCc1ccc(OCC2CC2)nc1)NCC.I. The summed E-state index contributed by atoms with van der Waals surface area (Å²) in [5, 5.41) is 6.35. The van der Waals surface area contributed by atoms with Crippen molar-refractivity contribution in [2.75, 3.05) is 19.7 Å². The Morgan fingerprint density at radius 1 is 1.45 bits per heavy atom. The molecule has 122 valence electrons. The van der Waals surface area contributed by atoms with Crippen molar-refractivity contribution < 1.29 is 4.74 Å². The largest absolute Gasteiger partial charge is 0.477 e. The summed E-state index contributed by atoms with van der Waals surface area (Å²) in [6.45, 7) is 8.63. The van der Waals surface area contributed by atoms with Crippen LogP contribution in [0.15, 0.2) is 36.0 Å². The Morgan fingerprint density at radius 3 is 2.86 bits per heavy atom. The fraction of sp³-hybridized carbons (Fsp3) is 0.500. The van der Waals surface area contributed by atoms with Gasteiger partial charge in [-0.25, -0.2) is 9.98 Å². The zero-order chi connectivity index (χ0) is 14.9. The van der Waals surface area contributed by atoms with Gasteiger partial charge >= 0.3 is 0 Å². The minimum absolute atomic E-state index is 0. The van der Waals surface area contributed by atoms with Crippen LogP contribution in [0.25, 0.3) is 0 Å². The van der Waals surface area contributed by atoms with Crippen LogP contribution in [0.3, 0.4) is 0 Å². The van der Waals surface area contributed by atoms with Crippen LogP contribution in [-0.4, -0.2) is 30.6 Å². The van der Waals surface area contributed by atoms with E-state index < -0.39 is 0 Å². The van der Waals surface area contributed by atoms with Crippen molar-refractivity contribution in [2.45, 2.75) is 26.3 Å². The summed E-state index contributed by atoms with van der Waals surface area (Å²) >= 11 is 0. The first-order valence-corrected chi connectivity index (χ1v) is 7.52. The first kappa shape index (κ1) is 18.7. The van der Waals surface area contributed by atoms with Crippen LogP contribution in [0.1, 0.15) is 25.3 Å². The number of hydrogen-bond donors (Lipinski definition) is 2. The molecule has 2 N–H and O–H groups in total. The van der Waals surface area contributed by atoms with Gasteiger partial charge in [0.15, 0.2) is 5.96 Å². The molecule has 2 rings (SSSR count). The molecule has 0 unspecified atom stereocenters. The van der Waals surface area contributed by atoms with E-state index in [9.17, 15) is 0 Å². The molecule has 1 aliphatic rings. The molecule has 0 bridgehead atoms. The lowest BCUT2D eigenvalue weighted by Crippen LogP contribution is -2.37. The van der Waals surface area contributed by atoms with Gasteiger partial charge in [0.05, 0.1) is 13.2 Å². The summed E-state index contributed by atoms with van der Waals surface area (Å²) in [6, 6.07) is 3.92. The van der Waals surface area contributed by atoms with E-state index in [1.165, 1.54) is 12.8 Å². The molecule has 1 aromatic rings. The van der Waals surface area contributed by atoms with Crippen molar-refractivity contribution in [3.8, 4) is 5.88 Å². The highest BCUT2D eigenvalue weighted by Crippen LogP contribution is 2.29. The number of aromatic nitrogens is 1. The lowest BCUT2D eigenvalue weighted by Gasteiger charge is -2.09. The Hall–Kier alpha value is -1.31. The molecule has 0 radical (unpaired) electrons. The fourth-order valence-corrected chi connectivity index (χ4v) is 1.76. The van der Waals surface area contributed by atoms with Gasteiger partial charge in [-0.05, 0) is 31.2 Å². The molecule has 0 atom stereocenters. The van der Waals surface area contributed by atoms with E-state index in [1.807, 2.05) is 25.3 Å². The number of pyridine rings is 1.